The third kappa shape index (κ3) is 2.66. The zero-order valence-electron chi connectivity index (χ0n) is 10.4. The second-order valence-electron chi connectivity index (χ2n) is 5.30. The van der Waals surface area contributed by atoms with Crippen molar-refractivity contribution in [3.05, 3.63) is 12.2 Å². The Labute approximate surface area is 101 Å². The largest absolute Gasteiger partial charge is 0.480 e. The number of ether oxygens (including phenoxy) is 1. The number of hydrogen-bond donors (Lipinski definition) is 2. The van der Waals surface area contributed by atoms with E-state index in [0.29, 0.717) is 6.42 Å². The van der Waals surface area contributed by atoms with E-state index < -0.39 is 29.0 Å². The molecule has 5 nitrogen and oxygen atoms in total. The van der Waals surface area contributed by atoms with Crippen molar-refractivity contribution in [3.8, 4) is 0 Å². The lowest BCUT2D eigenvalue weighted by Gasteiger charge is -2.36. The number of hydrogen-bond acceptors (Lipinski definition) is 4. The summed E-state index contributed by atoms with van der Waals surface area (Å²) in [5, 5.41) is 9.31. The first-order valence-corrected chi connectivity index (χ1v) is 5.57. The third-order valence-electron chi connectivity index (χ3n) is 2.77. The number of carboxylic acid groups (broad SMARTS) is 1. The molecule has 0 bridgehead atoms. The standard InChI is InChI=1S/C12H19NO4/c1-11(2,3)17-10(16)12(9(14)15)7-5-4-6-8(12)13/h4-5,8H,6-7,13H2,1-3H3,(H,14,15)/t8-,12+/m1/s1. The van der Waals surface area contributed by atoms with E-state index in [9.17, 15) is 14.7 Å². The van der Waals surface area contributed by atoms with Gasteiger partial charge in [-0.05, 0) is 33.6 Å². The lowest BCUT2D eigenvalue weighted by molar-refractivity contribution is -0.178. The smallest absolute Gasteiger partial charge is 0.325 e. The van der Waals surface area contributed by atoms with Crippen LogP contribution < -0.4 is 5.73 Å². The Bertz CT molecular complexity index is 356. The highest BCUT2D eigenvalue weighted by Crippen LogP contribution is 2.35. The van der Waals surface area contributed by atoms with Gasteiger partial charge in [-0.3, -0.25) is 9.59 Å². The van der Waals surface area contributed by atoms with Crippen LogP contribution in [0.15, 0.2) is 12.2 Å². The quantitative estimate of drug-likeness (QED) is 0.429. The molecule has 5 heteroatoms. The van der Waals surface area contributed by atoms with Crippen LogP contribution in [-0.2, 0) is 14.3 Å². The summed E-state index contributed by atoms with van der Waals surface area (Å²) in [6.45, 7) is 5.10. The Kier molecular flexibility index (Phi) is 3.62. The van der Waals surface area contributed by atoms with E-state index in [1.807, 2.05) is 0 Å². The van der Waals surface area contributed by atoms with Crippen LogP contribution >= 0.6 is 0 Å². The van der Waals surface area contributed by atoms with Gasteiger partial charge in [0, 0.05) is 6.04 Å². The molecule has 0 aromatic heterocycles. The van der Waals surface area contributed by atoms with Gasteiger partial charge in [-0.2, -0.15) is 0 Å². The number of aliphatic carboxylic acids is 1. The van der Waals surface area contributed by atoms with Gasteiger partial charge in [-0.25, -0.2) is 0 Å². The summed E-state index contributed by atoms with van der Waals surface area (Å²) < 4.78 is 5.18. The van der Waals surface area contributed by atoms with E-state index >= 15 is 0 Å². The Hall–Kier alpha value is -1.36. The van der Waals surface area contributed by atoms with E-state index in [0.717, 1.165) is 0 Å². The molecule has 1 rings (SSSR count). The van der Waals surface area contributed by atoms with Crippen molar-refractivity contribution >= 4 is 11.9 Å². The van der Waals surface area contributed by atoms with Gasteiger partial charge in [0.25, 0.3) is 0 Å². The van der Waals surface area contributed by atoms with Gasteiger partial charge >= 0.3 is 11.9 Å². The van der Waals surface area contributed by atoms with Gasteiger partial charge in [-0.1, -0.05) is 12.2 Å². The maximum Gasteiger partial charge on any atom is 0.325 e. The fraction of sp³-hybridized carbons (Fsp3) is 0.667. The fourth-order valence-corrected chi connectivity index (χ4v) is 1.80. The second-order valence-corrected chi connectivity index (χ2v) is 5.30. The van der Waals surface area contributed by atoms with Crippen LogP contribution in [-0.4, -0.2) is 28.7 Å². The number of esters is 1. The van der Waals surface area contributed by atoms with Crippen LogP contribution in [0.25, 0.3) is 0 Å². The van der Waals surface area contributed by atoms with Gasteiger partial charge in [0.05, 0.1) is 0 Å². The minimum atomic E-state index is -1.65. The van der Waals surface area contributed by atoms with Crippen molar-refractivity contribution in [2.24, 2.45) is 11.1 Å². The first-order valence-electron chi connectivity index (χ1n) is 5.57. The summed E-state index contributed by atoms with van der Waals surface area (Å²) in [6.07, 6.45) is 3.90. The van der Waals surface area contributed by atoms with Crippen LogP contribution in [0.4, 0.5) is 0 Å². The number of allylic oxidation sites excluding steroid dienone is 1. The number of rotatable bonds is 2. The zero-order chi connectivity index (χ0) is 13.3. The Morgan fingerprint density at radius 3 is 2.41 bits per heavy atom. The molecule has 1 aliphatic rings. The first-order chi connectivity index (χ1) is 7.70. The Morgan fingerprint density at radius 2 is 2.00 bits per heavy atom. The van der Waals surface area contributed by atoms with E-state index in [-0.39, 0.29) is 6.42 Å². The van der Waals surface area contributed by atoms with E-state index in [1.54, 1.807) is 32.9 Å². The van der Waals surface area contributed by atoms with Crippen molar-refractivity contribution in [2.45, 2.75) is 45.3 Å². The molecule has 96 valence electrons. The summed E-state index contributed by atoms with van der Waals surface area (Å²) in [4.78, 5) is 23.5. The molecule has 17 heavy (non-hydrogen) atoms. The average molecular weight is 241 g/mol. The van der Waals surface area contributed by atoms with Crippen LogP contribution in [0.2, 0.25) is 0 Å². The summed E-state index contributed by atoms with van der Waals surface area (Å²) in [5.41, 5.74) is 3.43. The molecule has 0 fully saturated rings. The topological polar surface area (TPSA) is 89.6 Å². The van der Waals surface area contributed by atoms with Crippen LogP contribution in [0.3, 0.4) is 0 Å². The monoisotopic (exact) mass is 241 g/mol. The normalized spacial score (nSPS) is 28.8. The Morgan fingerprint density at radius 1 is 1.41 bits per heavy atom. The molecule has 0 aliphatic heterocycles. The highest BCUT2D eigenvalue weighted by atomic mass is 16.6. The SMILES string of the molecule is CC(C)(C)OC(=O)[C@@]1(C(=O)O)CC=CC[C@H]1N. The molecule has 0 unspecified atom stereocenters. The van der Waals surface area contributed by atoms with Crippen molar-refractivity contribution in [3.63, 3.8) is 0 Å². The van der Waals surface area contributed by atoms with E-state index in [2.05, 4.69) is 0 Å². The average Bonchev–Trinajstić information content (AvgIpc) is 2.15. The van der Waals surface area contributed by atoms with Gasteiger partial charge in [0.15, 0.2) is 5.41 Å². The van der Waals surface area contributed by atoms with Crippen molar-refractivity contribution in [1.29, 1.82) is 0 Å². The molecular formula is C12H19NO4. The molecule has 0 spiro atoms. The molecule has 0 amide bonds. The number of nitrogens with two attached hydrogens (primary N) is 1. The summed E-state index contributed by atoms with van der Waals surface area (Å²) in [7, 11) is 0. The minimum Gasteiger partial charge on any atom is -0.480 e. The fourth-order valence-electron chi connectivity index (χ4n) is 1.80. The Balaban J connectivity index is 3.04. The third-order valence-corrected chi connectivity index (χ3v) is 2.77. The molecule has 0 saturated carbocycles. The van der Waals surface area contributed by atoms with Crippen LogP contribution in [0, 0.1) is 5.41 Å². The molecule has 0 heterocycles. The maximum atomic E-state index is 12.1. The molecular weight excluding hydrogens is 222 g/mol. The minimum absolute atomic E-state index is 0.0818. The highest BCUT2D eigenvalue weighted by molar-refractivity contribution is 6.00. The van der Waals surface area contributed by atoms with Crippen molar-refractivity contribution in [2.75, 3.05) is 0 Å². The molecule has 0 radical (unpaired) electrons. The van der Waals surface area contributed by atoms with Gasteiger partial charge in [-0.15, -0.1) is 0 Å². The summed E-state index contributed by atoms with van der Waals surface area (Å²) >= 11 is 0. The molecule has 0 saturated heterocycles. The second kappa shape index (κ2) is 4.49. The van der Waals surface area contributed by atoms with E-state index in [4.69, 9.17) is 10.5 Å². The number of carboxylic acids is 1. The lowest BCUT2D eigenvalue weighted by atomic mass is 9.73. The molecule has 0 aromatic rings. The van der Waals surface area contributed by atoms with Crippen molar-refractivity contribution in [1.82, 2.24) is 0 Å². The number of carbonyl (C=O) groups is 2. The maximum absolute atomic E-state index is 12.1. The first kappa shape index (κ1) is 13.7. The summed E-state index contributed by atoms with van der Waals surface area (Å²) in [5.74, 6) is -1.97. The summed E-state index contributed by atoms with van der Waals surface area (Å²) in [6, 6.07) is -0.750. The molecule has 3 N–H and O–H groups in total. The predicted octanol–water partition coefficient (Wildman–Crippen LogP) is 1.08. The van der Waals surface area contributed by atoms with Crippen LogP contribution in [0.5, 0.6) is 0 Å². The van der Waals surface area contributed by atoms with Gasteiger partial charge in [0.2, 0.25) is 0 Å². The van der Waals surface area contributed by atoms with Gasteiger partial charge in [0.1, 0.15) is 5.60 Å². The molecule has 0 aromatic carbocycles. The van der Waals surface area contributed by atoms with E-state index in [1.165, 1.54) is 0 Å². The van der Waals surface area contributed by atoms with Crippen LogP contribution in [0.1, 0.15) is 33.6 Å². The molecule has 1 aliphatic carbocycles. The highest BCUT2D eigenvalue weighted by Gasteiger charge is 2.53. The number of carbonyl (C=O) groups excluding carboxylic acids is 1. The van der Waals surface area contributed by atoms with Crippen molar-refractivity contribution < 1.29 is 19.4 Å². The lowest BCUT2D eigenvalue weighted by Crippen LogP contribution is -2.55. The predicted molar refractivity (Wildman–Crippen MR) is 62.3 cm³/mol. The van der Waals surface area contributed by atoms with Gasteiger partial charge < -0.3 is 15.6 Å². The zero-order valence-corrected chi connectivity index (χ0v) is 10.4. The molecule has 2 atom stereocenters.